The molecule has 0 saturated carbocycles. The van der Waals surface area contributed by atoms with E-state index in [2.05, 4.69) is 78.7 Å². The van der Waals surface area contributed by atoms with Gasteiger partial charge in [-0.2, -0.15) is 0 Å². The molecule has 0 aliphatic carbocycles. The molecule has 0 spiro atoms. The van der Waals surface area contributed by atoms with Gasteiger partial charge >= 0.3 is 0 Å². The summed E-state index contributed by atoms with van der Waals surface area (Å²) >= 11 is 1.88. The summed E-state index contributed by atoms with van der Waals surface area (Å²) in [5.41, 5.74) is 0. The van der Waals surface area contributed by atoms with Gasteiger partial charge in [-0.05, 0) is 52.4 Å². The van der Waals surface area contributed by atoms with Gasteiger partial charge in [0.15, 0.2) is 5.96 Å². The maximum absolute atomic E-state index is 4.30. The number of hydrogen-bond donors (Lipinski definition) is 2. The standard InChI is InChI=1S/C19H34N4S/c1-16(2)23(5)14-10-9-13-21-19(20-4)22-15-17(3)24-18-11-7-6-8-12-18/h6-8,11-12,16-17H,9-10,13-15H2,1-5H3,(H2,20,21,22). The number of benzene rings is 1. The SMILES string of the molecule is CN=C(NCCCCN(C)C(C)C)NCC(C)Sc1ccccc1. The number of hydrogen-bond acceptors (Lipinski definition) is 3. The van der Waals surface area contributed by atoms with Crippen LogP contribution in [0.15, 0.2) is 40.2 Å². The molecule has 2 N–H and O–H groups in total. The summed E-state index contributed by atoms with van der Waals surface area (Å²) < 4.78 is 0. The first-order valence-electron chi connectivity index (χ1n) is 8.89. The van der Waals surface area contributed by atoms with E-state index in [4.69, 9.17) is 0 Å². The number of nitrogens with one attached hydrogen (secondary N) is 2. The number of aliphatic imine (C=N–C) groups is 1. The fraction of sp³-hybridized carbons (Fsp3) is 0.632. The van der Waals surface area contributed by atoms with E-state index in [1.165, 1.54) is 11.3 Å². The topological polar surface area (TPSA) is 39.7 Å². The average molecular weight is 351 g/mol. The van der Waals surface area contributed by atoms with Crippen molar-refractivity contribution in [1.82, 2.24) is 15.5 Å². The summed E-state index contributed by atoms with van der Waals surface area (Å²) in [4.78, 5) is 8.00. The Kier molecular flexibility index (Phi) is 10.6. The Morgan fingerprint density at radius 3 is 2.46 bits per heavy atom. The molecule has 0 aliphatic rings. The van der Waals surface area contributed by atoms with Crippen LogP contribution in [0.1, 0.15) is 33.6 Å². The molecule has 1 unspecified atom stereocenters. The first-order valence-corrected chi connectivity index (χ1v) is 9.77. The van der Waals surface area contributed by atoms with E-state index in [1.54, 1.807) is 0 Å². The van der Waals surface area contributed by atoms with Crippen LogP contribution in [0.2, 0.25) is 0 Å². The molecule has 0 saturated heterocycles. The Balaban J connectivity index is 2.16. The summed E-state index contributed by atoms with van der Waals surface area (Å²) in [5, 5.41) is 7.31. The fourth-order valence-electron chi connectivity index (χ4n) is 2.19. The lowest BCUT2D eigenvalue weighted by Crippen LogP contribution is -2.40. The Morgan fingerprint density at radius 1 is 1.12 bits per heavy atom. The van der Waals surface area contributed by atoms with Crippen LogP contribution in [0.25, 0.3) is 0 Å². The van der Waals surface area contributed by atoms with Crippen molar-refractivity contribution in [1.29, 1.82) is 0 Å². The highest BCUT2D eigenvalue weighted by Crippen LogP contribution is 2.21. The number of nitrogens with zero attached hydrogens (tertiary/aromatic N) is 2. The van der Waals surface area contributed by atoms with Gasteiger partial charge in [0.25, 0.3) is 0 Å². The van der Waals surface area contributed by atoms with Crippen LogP contribution in [-0.4, -0.2) is 55.9 Å². The molecule has 5 heteroatoms. The molecule has 1 aromatic rings. The van der Waals surface area contributed by atoms with E-state index in [0.29, 0.717) is 11.3 Å². The fourth-order valence-corrected chi connectivity index (χ4v) is 3.13. The van der Waals surface area contributed by atoms with Crippen molar-refractivity contribution in [3.8, 4) is 0 Å². The zero-order valence-corrected chi connectivity index (χ0v) is 16.7. The molecule has 0 radical (unpaired) electrons. The van der Waals surface area contributed by atoms with Gasteiger partial charge in [-0.15, -0.1) is 11.8 Å². The molecule has 1 atom stereocenters. The number of guanidine groups is 1. The van der Waals surface area contributed by atoms with Gasteiger partial charge in [0.05, 0.1) is 0 Å². The van der Waals surface area contributed by atoms with Gasteiger partial charge in [0, 0.05) is 36.3 Å². The predicted octanol–water partition coefficient (Wildman–Crippen LogP) is 3.45. The second-order valence-corrected chi connectivity index (χ2v) is 7.91. The van der Waals surface area contributed by atoms with Crippen LogP contribution in [0.4, 0.5) is 0 Å². The molecular weight excluding hydrogens is 316 g/mol. The maximum Gasteiger partial charge on any atom is 0.191 e. The van der Waals surface area contributed by atoms with Gasteiger partial charge in [-0.3, -0.25) is 4.99 Å². The third-order valence-corrected chi connectivity index (χ3v) is 5.09. The summed E-state index contributed by atoms with van der Waals surface area (Å²) in [6.45, 7) is 9.72. The van der Waals surface area contributed by atoms with E-state index >= 15 is 0 Å². The third-order valence-electron chi connectivity index (χ3n) is 3.97. The van der Waals surface area contributed by atoms with Crippen molar-refractivity contribution in [3.05, 3.63) is 30.3 Å². The Bertz CT molecular complexity index is 462. The average Bonchev–Trinajstić information content (AvgIpc) is 2.57. The normalized spacial score (nSPS) is 13.4. The first-order chi connectivity index (χ1) is 11.5. The molecule has 4 nitrogen and oxygen atoms in total. The minimum atomic E-state index is 0.491. The molecular formula is C19H34N4S. The zero-order valence-electron chi connectivity index (χ0n) is 15.9. The van der Waals surface area contributed by atoms with Crippen LogP contribution < -0.4 is 10.6 Å². The lowest BCUT2D eigenvalue weighted by Gasteiger charge is -2.21. The van der Waals surface area contributed by atoms with Crippen molar-refractivity contribution in [2.45, 2.75) is 49.8 Å². The molecule has 136 valence electrons. The van der Waals surface area contributed by atoms with Crippen LogP contribution >= 0.6 is 11.8 Å². The summed E-state index contributed by atoms with van der Waals surface area (Å²) in [6.07, 6.45) is 2.37. The highest BCUT2D eigenvalue weighted by Gasteiger charge is 2.06. The van der Waals surface area contributed by atoms with Crippen LogP contribution in [0.5, 0.6) is 0 Å². The van der Waals surface area contributed by atoms with E-state index in [0.717, 1.165) is 32.0 Å². The predicted molar refractivity (Wildman–Crippen MR) is 108 cm³/mol. The van der Waals surface area contributed by atoms with Crippen molar-refractivity contribution in [2.24, 2.45) is 4.99 Å². The molecule has 24 heavy (non-hydrogen) atoms. The van der Waals surface area contributed by atoms with Crippen molar-refractivity contribution in [3.63, 3.8) is 0 Å². The lowest BCUT2D eigenvalue weighted by atomic mass is 10.2. The molecule has 0 bridgehead atoms. The molecule has 1 rings (SSSR count). The number of rotatable bonds is 10. The Morgan fingerprint density at radius 2 is 1.83 bits per heavy atom. The first kappa shape index (κ1) is 20.8. The highest BCUT2D eigenvalue weighted by molar-refractivity contribution is 8.00. The number of unbranched alkanes of at least 4 members (excludes halogenated alkanes) is 1. The summed E-state index contributed by atoms with van der Waals surface area (Å²) in [7, 11) is 4.02. The Labute approximate surface area is 152 Å². The van der Waals surface area contributed by atoms with Gasteiger partial charge in [-0.25, -0.2) is 0 Å². The summed E-state index contributed by atoms with van der Waals surface area (Å²) in [6, 6.07) is 11.2. The van der Waals surface area contributed by atoms with Crippen molar-refractivity contribution < 1.29 is 0 Å². The molecule has 1 aromatic carbocycles. The van der Waals surface area contributed by atoms with Crippen LogP contribution in [0.3, 0.4) is 0 Å². The van der Waals surface area contributed by atoms with Gasteiger partial charge in [-0.1, -0.05) is 25.1 Å². The molecule has 0 heterocycles. The minimum Gasteiger partial charge on any atom is -0.356 e. The van der Waals surface area contributed by atoms with Crippen molar-refractivity contribution >= 4 is 17.7 Å². The smallest absolute Gasteiger partial charge is 0.191 e. The van der Waals surface area contributed by atoms with E-state index in [1.807, 2.05) is 18.8 Å². The van der Waals surface area contributed by atoms with Crippen LogP contribution in [-0.2, 0) is 0 Å². The molecule has 0 fully saturated rings. The van der Waals surface area contributed by atoms with Gasteiger partial charge in [0.1, 0.15) is 0 Å². The largest absolute Gasteiger partial charge is 0.356 e. The maximum atomic E-state index is 4.30. The molecule has 0 amide bonds. The van der Waals surface area contributed by atoms with Gasteiger partial charge < -0.3 is 15.5 Å². The lowest BCUT2D eigenvalue weighted by molar-refractivity contribution is 0.268. The minimum absolute atomic E-state index is 0.491. The van der Waals surface area contributed by atoms with E-state index in [9.17, 15) is 0 Å². The Hall–Kier alpha value is -1.20. The van der Waals surface area contributed by atoms with Gasteiger partial charge in [0.2, 0.25) is 0 Å². The quantitative estimate of drug-likeness (QED) is 0.293. The molecule has 0 aliphatic heterocycles. The summed E-state index contributed by atoms with van der Waals surface area (Å²) in [5.74, 6) is 0.896. The zero-order chi connectivity index (χ0) is 17.8. The second-order valence-electron chi connectivity index (χ2n) is 6.40. The highest BCUT2D eigenvalue weighted by atomic mass is 32.2. The third kappa shape index (κ3) is 9.18. The van der Waals surface area contributed by atoms with E-state index in [-0.39, 0.29) is 0 Å². The van der Waals surface area contributed by atoms with Crippen molar-refractivity contribution in [2.75, 3.05) is 33.7 Å². The second kappa shape index (κ2) is 12.2. The molecule has 0 aromatic heterocycles. The van der Waals surface area contributed by atoms with E-state index < -0.39 is 0 Å². The monoisotopic (exact) mass is 350 g/mol. The number of thioether (sulfide) groups is 1. The van der Waals surface area contributed by atoms with Crippen LogP contribution in [0, 0.1) is 0 Å².